The SMILES string of the molecule is O=C(NC1CC1c1ccccc1)c1ccc2[nH]ccc2c1. The Morgan fingerprint density at radius 3 is 2.81 bits per heavy atom. The minimum atomic E-state index is 0.0153. The molecule has 0 saturated heterocycles. The number of amides is 1. The normalized spacial score (nSPS) is 20.4. The molecule has 0 bridgehead atoms. The molecule has 1 aliphatic rings. The third kappa shape index (κ3) is 2.31. The van der Waals surface area contributed by atoms with Gasteiger partial charge in [0.25, 0.3) is 5.91 Å². The molecule has 4 rings (SSSR count). The van der Waals surface area contributed by atoms with Gasteiger partial charge in [0.1, 0.15) is 0 Å². The Hall–Kier alpha value is -2.55. The zero-order valence-electron chi connectivity index (χ0n) is 11.5. The van der Waals surface area contributed by atoms with Gasteiger partial charge in [-0.25, -0.2) is 0 Å². The number of nitrogens with one attached hydrogen (secondary N) is 2. The summed E-state index contributed by atoms with van der Waals surface area (Å²) in [7, 11) is 0. The zero-order valence-corrected chi connectivity index (χ0v) is 11.5. The maximum absolute atomic E-state index is 12.3. The number of carbonyl (C=O) groups is 1. The summed E-state index contributed by atoms with van der Waals surface area (Å²) in [4.78, 5) is 15.5. The van der Waals surface area contributed by atoms with Gasteiger partial charge in [0.15, 0.2) is 0 Å². The van der Waals surface area contributed by atoms with Gasteiger partial charge in [0.05, 0.1) is 0 Å². The molecular formula is C18H16N2O. The van der Waals surface area contributed by atoms with Gasteiger partial charge in [0, 0.05) is 34.6 Å². The Morgan fingerprint density at radius 1 is 1.10 bits per heavy atom. The molecule has 1 amide bonds. The molecule has 3 heteroatoms. The molecule has 1 aliphatic carbocycles. The Balaban J connectivity index is 1.47. The van der Waals surface area contributed by atoms with Gasteiger partial charge in [-0.2, -0.15) is 0 Å². The molecule has 2 N–H and O–H groups in total. The highest BCUT2D eigenvalue weighted by Crippen LogP contribution is 2.40. The maximum Gasteiger partial charge on any atom is 0.251 e. The summed E-state index contributed by atoms with van der Waals surface area (Å²) < 4.78 is 0. The number of hydrogen-bond donors (Lipinski definition) is 2. The van der Waals surface area contributed by atoms with E-state index in [1.54, 1.807) is 0 Å². The van der Waals surface area contributed by atoms with Crippen LogP contribution in [0.1, 0.15) is 28.3 Å². The number of H-pyrrole nitrogens is 1. The fourth-order valence-electron chi connectivity index (χ4n) is 2.87. The summed E-state index contributed by atoms with van der Waals surface area (Å²) in [6.45, 7) is 0. The minimum Gasteiger partial charge on any atom is -0.361 e. The van der Waals surface area contributed by atoms with Crippen molar-refractivity contribution in [3.05, 3.63) is 71.9 Å². The van der Waals surface area contributed by atoms with Crippen molar-refractivity contribution < 1.29 is 4.79 Å². The van der Waals surface area contributed by atoms with Crippen LogP contribution in [0.3, 0.4) is 0 Å². The van der Waals surface area contributed by atoms with E-state index in [2.05, 4.69) is 22.4 Å². The largest absolute Gasteiger partial charge is 0.361 e. The lowest BCUT2D eigenvalue weighted by molar-refractivity contribution is 0.0950. The van der Waals surface area contributed by atoms with E-state index in [4.69, 9.17) is 0 Å². The quantitative estimate of drug-likeness (QED) is 0.756. The third-order valence-electron chi connectivity index (χ3n) is 4.15. The standard InChI is InChI=1S/C18H16N2O/c21-18(14-6-7-16-13(10-14)8-9-19-16)20-17-11-15(17)12-4-2-1-3-5-12/h1-10,15,17,19H,11H2,(H,20,21). The number of rotatable bonds is 3. The van der Waals surface area contributed by atoms with Gasteiger partial charge < -0.3 is 10.3 Å². The second-order valence-corrected chi connectivity index (χ2v) is 5.61. The van der Waals surface area contributed by atoms with Crippen LogP contribution in [0.25, 0.3) is 10.9 Å². The molecule has 0 radical (unpaired) electrons. The molecule has 104 valence electrons. The zero-order chi connectivity index (χ0) is 14.2. The second kappa shape index (κ2) is 4.77. The predicted octanol–water partition coefficient (Wildman–Crippen LogP) is 3.45. The number of aromatic nitrogens is 1. The summed E-state index contributed by atoms with van der Waals surface area (Å²) >= 11 is 0. The highest BCUT2D eigenvalue weighted by atomic mass is 16.1. The van der Waals surface area contributed by atoms with Gasteiger partial charge >= 0.3 is 0 Å². The molecule has 1 aromatic heterocycles. The van der Waals surface area contributed by atoms with Crippen LogP contribution in [0.2, 0.25) is 0 Å². The van der Waals surface area contributed by atoms with Crippen LogP contribution in [0.15, 0.2) is 60.8 Å². The fourth-order valence-corrected chi connectivity index (χ4v) is 2.87. The maximum atomic E-state index is 12.3. The lowest BCUT2D eigenvalue weighted by Crippen LogP contribution is -2.26. The molecule has 1 fully saturated rings. The monoisotopic (exact) mass is 276 g/mol. The number of hydrogen-bond acceptors (Lipinski definition) is 1. The predicted molar refractivity (Wildman–Crippen MR) is 83.4 cm³/mol. The topological polar surface area (TPSA) is 44.9 Å². The second-order valence-electron chi connectivity index (χ2n) is 5.61. The molecule has 2 unspecified atom stereocenters. The molecule has 3 aromatic rings. The lowest BCUT2D eigenvalue weighted by Gasteiger charge is -2.05. The van der Waals surface area contributed by atoms with E-state index in [9.17, 15) is 4.79 Å². The average molecular weight is 276 g/mol. The van der Waals surface area contributed by atoms with E-state index in [1.807, 2.05) is 48.7 Å². The van der Waals surface area contributed by atoms with Crippen LogP contribution in [0, 0.1) is 0 Å². The molecule has 0 aliphatic heterocycles. The molecule has 21 heavy (non-hydrogen) atoms. The van der Waals surface area contributed by atoms with Crippen LogP contribution in [0.5, 0.6) is 0 Å². The van der Waals surface area contributed by atoms with Crippen molar-refractivity contribution in [1.82, 2.24) is 10.3 Å². The molecule has 2 atom stereocenters. The summed E-state index contributed by atoms with van der Waals surface area (Å²) in [6, 6.07) is 18.4. The Kier molecular flexibility index (Phi) is 2.78. The van der Waals surface area contributed by atoms with E-state index in [1.165, 1.54) is 5.56 Å². The molecule has 1 saturated carbocycles. The van der Waals surface area contributed by atoms with Gasteiger partial charge in [0.2, 0.25) is 0 Å². The van der Waals surface area contributed by atoms with Crippen LogP contribution in [-0.4, -0.2) is 16.9 Å². The number of carbonyl (C=O) groups excluding carboxylic acids is 1. The van der Waals surface area contributed by atoms with Gasteiger partial charge in [-0.1, -0.05) is 30.3 Å². The van der Waals surface area contributed by atoms with Gasteiger partial charge in [-0.3, -0.25) is 4.79 Å². The summed E-state index contributed by atoms with van der Waals surface area (Å²) in [5.74, 6) is 0.479. The Labute approximate surface area is 123 Å². The van der Waals surface area contributed by atoms with Crippen LogP contribution in [0.4, 0.5) is 0 Å². The molecule has 1 heterocycles. The van der Waals surface area contributed by atoms with Crippen LogP contribution >= 0.6 is 0 Å². The third-order valence-corrected chi connectivity index (χ3v) is 4.15. The summed E-state index contributed by atoms with van der Waals surface area (Å²) in [5.41, 5.74) is 3.09. The fraction of sp³-hybridized carbons (Fsp3) is 0.167. The smallest absolute Gasteiger partial charge is 0.251 e. The highest BCUT2D eigenvalue weighted by molar-refractivity contribution is 5.98. The Bertz CT molecular complexity index is 791. The molecular weight excluding hydrogens is 260 g/mol. The first kappa shape index (κ1) is 12.2. The first-order chi connectivity index (χ1) is 10.3. The minimum absolute atomic E-state index is 0.0153. The first-order valence-corrected chi connectivity index (χ1v) is 7.24. The lowest BCUT2D eigenvalue weighted by atomic mass is 10.1. The highest BCUT2D eigenvalue weighted by Gasteiger charge is 2.39. The van der Waals surface area contributed by atoms with E-state index < -0.39 is 0 Å². The van der Waals surface area contributed by atoms with Gasteiger partial charge in [-0.15, -0.1) is 0 Å². The van der Waals surface area contributed by atoms with E-state index in [0.29, 0.717) is 5.92 Å². The Morgan fingerprint density at radius 2 is 1.95 bits per heavy atom. The van der Waals surface area contributed by atoms with Crippen molar-refractivity contribution in [1.29, 1.82) is 0 Å². The number of aromatic amines is 1. The summed E-state index contributed by atoms with van der Waals surface area (Å²) in [6.07, 6.45) is 2.92. The van der Waals surface area contributed by atoms with Crippen molar-refractivity contribution in [3.63, 3.8) is 0 Å². The number of fused-ring (bicyclic) bond motifs is 1. The van der Waals surface area contributed by atoms with Crippen molar-refractivity contribution in [2.45, 2.75) is 18.4 Å². The molecule has 3 nitrogen and oxygen atoms in total. The number of benzene rings is 2. The first-order valence-electron chi connectivity index (χ1n) is 7.24. The van der Waals surface area contributed by atoms with E-state index >= 15 is 0 Å². The van der Waals surface area contributed by atoms with Crippen molar-refractivity contribution >= 4 is 16.8 Å². The van der Waals surface area contributed by atoms with Crippen molar-refractivity contribution in [2.24, 2.45) is 0 Å². The van der Waals surface area contributed by atoms with Crippen LogP contribution in [-0.2, 0) is 0 Å². The van der Waals surface area contributed by atoms with E-state index in [0.717, 1.165) is 22.9 Å². The van der Waals surface area contributed by atoms with Crippen molar-refractivity contribution in [3.8, 4) is 0 Å². The summed E-state index contributed by atoms with van der Waals surface area (Å²) in [5, 5.41) is 4.19. The van der Waals surface area contributed by atoms with Gasteiger partial charge in [-0.05, 0) is 36.2 Å². The van der Waals surface area contributed by atoms with Crippen LogP contribution < -0.4 is 5.32 Å². The van der Waals surface area contributed by atoms with Crippen molar-refractivity contribution in [2.75, 3.05) is 0 Å². The molecule has 0 spiro atoms. The molecule has 2 aromatic carbocycles. The average Bonchev–Trinajstić information content (AvgIpc) is 3.12. The van der Waals surface area contributed by atoms with E-state index in [-0.39, 0.29) is 11.9 Å².